The first-order valence-electron chi connectivity index (χ1n) is 6.51. The van der Waals surface area contributed by atoms with Crippen LogP contribution in [0, 0.1) is 5.92 Å². The van der Waals surface area contributed by atoms with Crippen LogP contribution in [0.3, 0.4) is 0 Å². The van der Waals surface area contributed by atoms with Crippen LogP contribution in [0.2, 0.25) is 0 Å². The molecule has 2 aliphatic rings. The number of nitrogens with one attached hydrogen (secondary N) is 1. The van der Waals surface area contributed by atoms with Gasteiger partial charge in [0.25, 0.3) is 5.91 Å². The highest BCUT2D eigenvalue weighted by Crippen LogP contribution is 2.25. The molecule has 1 fully saturated rings. The van der Waals surface area contributed by atoms with Gasteiger partial charge in [-0.15, -0.1) is 0 Å². The molecule has 19 heavy (non-hydrogen) atoms. The van der Waals surface area contributed by atoms with Crippen molar-refractivity contribution < 1.29 is 14.3 Å². The highest BCUT2D eigenvalue weighted by Gasteiger charge is 2.29. The lowest BCUT2D eigenvalue weighted by Gasteiger charge is -2.24. The van der Waals surface area contributed by atoms with Gasteiger partial charge in [0.05, 0.1) is 24.4 Å². The van der Waals surface area contributed by atoms with E-state index in [1.807, 2.05) is 18.2 Å². The molecule has 5 heteroatoms. The summed E-state index contributed by atoms with van der Waals surface area (Å²) < 4.78 is 5.35. The molecule has 100 valence electrons. The van der Waals surface area contributed by atoms with E-state index in [2.05, 4.69) is 5.32 Å². The van der Waals surface area contributed by atoms with Crippen LogP contribution < -0.4 is 10.2 Å². The molecule has 2 heterocycles. The SMILES string of the molecule is O=C1NCC(=O)N(CC2CCOC2)c2ccccc21. The van der Waals surface area contributed by atoms with E-state index in [1.54, 1.807) is 11.0 Å². The molecule has 1 atom stereocenters. The van der Waals surface area contributed by atoms with Gasteiger partial charge in [0.2, 0.25) is 5.91 Å². The third-order valence-electron chi connectivity index (χ3n) is 3.61. The summed E-state index contributed by atoms with van der Waals surface area (Å²) in [6.45, 7) is 2.12. The Morgan fingerprint density at radius 1 is 1.32 bits per heavy atom. The molecule has 0 aromatic heterocycles. The Balaban J connectivity index is 1.93. The summed E-state index contributed by atoms with van der Waals surface area (Å²) in [4.78, 5) is 25.8. The minimum absolute atomic E-state index is 0.0566. The van der Waals surface area contributed by atoms with Crippen molar-refractivity contribution in [3.8, 4) is 0 Å². The molecule has 1 aromatic carbocycles. The molecule has 2 aliphatic heterocycles. The molecule has 0 spiro atoms. The fourth-order valence-corrected chi connectivity index (χ4v) is 2.57. The summed E-state index contributed by atoms with van der Waals surface area (Å²) in [5.41, 5.74) is 1.27. The lowest BCUT2D eigenvalue weighted by atomic mass is 10.1. The van der Waals surface area contributed by atoms with Crippen LogP contribution in [0.1, 0.15) is 16.8 Å². The van der Waals surface area contributed by atoms with E-state index in [0.717, 1.165) is 13.0 Å². The summed E-state index contributed by atoms with van der Waals surface area (Å²) in [7, 11) is 0. The molecule has 3 rings (SSSR count). The van der Waals surface area contributed by atoms with E-state index in [-0.39, 0.29) is 18.4 Å². The fourth-order valence-electron chi connectivity index (χ4n) is 2.57. The van der Waals surface area contributed by atoms with Gasteiger partial charge in [-0.25, -0.2) is 0 Å². The van der Waals surface area contributed by atoms with E-state index in [9.17, 15) is 9.59 Å². The average Bonchev–Trinajstić information content (AvgIpc) is 2.91. The summed E-state index contributed by atoms with van der Waals surface area (Å²) in [5, 5.41) is 2.64. The molecule has 0 radical (unpaired) electrons. The van der Waals surface area contributed by atoms with Crippen LogP contribution in [0.15, 0.2) is 24.3 Å². The van der Waals surface area contributed by atoms with Crippen LogP contribution in [0.5, 0.6) is 0 Å². The van der Waals surface area contributed by atoms with Gasteiger partial charge in [0.1, 0.15) is 0 Å². The second-order valence-electron chi connectivity index (χ2n) is 4.93. The first-order valence-corrected chi connectivity index (χ1v) is 6.51. The van der Waals surface area contributed by atoms with Crippen molar-refractivity contribution in [2.24, 2.45) is 5.92 Å². The average molecular weight is 260 g/mol. The number of carbonyl (C=O) groups excluding carboxylic acids is 2. The van der Waals surface area contributed by atoms with E-state index >= 15 is 0 Å². The Morgan fingerprint density at radius 3 is 2.95 bits per heavy atom. The monoisotopic (exact) mass is 260 g/mol. The van der Waals surface area contributed by atoms with Crippen molar-refractivity contribution in [3.63, 3.8) is 0 Å². The van der Waals surface area contributed by atoms with Gasteiger partial charge in [-0.1, -0.05) is 12.1 Å². The summed E-state index contributed by atoms with van der Waals surface area (Å²) in [6.07, 6.45) is 0.966. The number of para-hydroxylation sites is 1. The number of rotatable bonds is 2. The Bertz CT molecular complexity index is 509. The number of amides is 2. The van der Waals surface area contributed by atoms with E-state index < -0.39 is 0 Å². The Hall–Kier alpha value is -1.88. The van der Waals surface area contributed by atoms with Gasteiger partial charge in [-0.3, -0.25) is 9.59 Å². The largest absolute Gasteiger partial charge is 0.381 e. The normalized spacial score (nSPS) is 22.9. The number of hydrogen-bond donors (Lipinski definition) is 1. The standard InChI is InChI=1S/C14H16N2O3/c17-13-7-15-14(18)11-3-1-2-4-12(11)16(13)8-10-5-6-19-9-10/h1-4,10H,5-9H2,(H,15,18). The summed E-state index contributed by atoms with van der Waals surface area (Å²) >= 11 is 0. The fraction of sp³-hybridized carbons (Fsp3) is 0.429. The molecule has 0 aliphatic carbocycles. The van der Waals surface area contributed by atoms with Crippen molar-refractivity contribution >= 4 is 17.5 Å². The zero-order valence-electron chi connectivity index (χ0n) is 10.6. The first kappa shape index (κ1) is 12.2. The molecule has 0 bridgehead atoms. The van der Waals surface area contributed by atoms with E-state index in [1.165, 1.54) is 0 Å². The minimum Gasteiger partial charge on any atom is -0.381 e. The number of anilines is 1. The van der Waals surface area contributed by atoms with Crippen LogP contribution in [-0.4, -0.2) is 38.1 Å². The van der Waals surface area contributed by atoms with Crippen LogP contribution in [0.4, 0.5) is 5.69 Å². The van der Waals surface area contributed by atoms with Crippen LogP contribution >= 0.6 is 0 Å². The first-order chi connectivity index (χ1) is 9.25. The second-order valence-corrected chi connectivity index (χ2v) is 4.93. The maximum absolute atomic E-state index is 12.2. The zero-order chi connectivity index (χ0) is 13.2. The lowest BCUT2D eigenvalue weighted by Crippen LogP contribution is -2.39. The van der Waals surface area contributed by atoms with Gasteiger partial charge < -0.3 is 15.0 Å². The van der Waals surface area contributed by atoms with Gasteiger partial charge in [0, 0.05) is 19.1 Å². The predicted molar refractivity (Wildman–Crippen MR) is 70.1 cm³/mol. The lowest BCUT2D eigenvalue weighted by molar-refractivity contribution is -0.117. The Kier molecular flexibility index (Phi) is 3.21. The maximum atomic E-state index is 12.2. The van der Waals surface area contributed by atoms with Crippen LogP contribution in [-0.2, 0) is 9.53 Å². The van der Waals surface area contributed by atoms with Gasteiger partial charge >= 0.3 is 0 Å². The minimum atomic E-state index is -0.186. The van der Waals surface area contributed by atoms with Crippen molar-refractivity contribution in [2.75, 3.05) is 31.2 Å². The van der Waals surface area contributed by atoms with E-state index in [4.69, 9.17) is 4.74 Å². The topological polar surface area (TPSA) is 58.6 Å². The molecule has 5 nitrogen and oxygen atoms in total. The zero-order valence-corrected chi connectivity index (χ0v) is 10.6. The number of fused-ring (bicyclic) bond motifs is 1. The summed E-state index contributed by atoms with van der Waals surface area (Å²) in [5.74, 6) is 0.101. The predicted octanol–water partition coefficient (Wildman–Crippen LogP) is 0.799. The third-order valence-corrected chi connectivity index (χ3v) is 3.61. The molecule has 1 N–H and O–H groups in total. The second kappa shape index (κ2) is 5.01. The van der Waals surface area contributed by atoms with Crippen LogP contribution in [0.25, 0.3) is 0 Å². The highest BCUT2D eigenvalue weighted by molar-refractivity contribution is 6.09. The van der Waals surface area contributed by atoms with Gasteiger partial charge in [0.15, 0.2) is 0 Å². The van der Waals surface area contributed by atoms with Crippen molar-refractivity contribution in [2.45, 2.75) is 6.42 Å². The Morgan fingerprint density at radius 2 is 2.16 bits per heavy atom. The van der Waals surface area contributed by atoms with Crippen molar-refractivity contribution in [3.05, 3.63) is 29.8 Å². The smallest absolute Gasteiger partial charge is 0.253 e. The molecule has 0 saturated carbocycles. The third kappa shape index (κ3) is 2.33. The van der Waals surface area contributed by atoms with Gasteiger partial charge in [-0.2, -0.15) is 0 Å². The van der Waals surface area contributed by atoms with Crippen molar-refractivity contribution in [1.82, 2.24) is 5.32 Å². The molecular weight excluding hydrogens is 244 g/mol. The molecule has 1 aromatic rings. The number of hydrogen-bond acceptors (Lipinski definition) is 3. The number of nitrogens with zero attached hydrogens (tertiary/aromatic N) is 1. The van der Waals surface area contributed by atoms with E-state index in [0.29, 0.717) is 30.3 Å². The number of benzene rings is 1. The maximum Gasteiger partial charge on any atom is 0.253 e. The van der Waals surface area contributed by atoms with Gasteiger partial charge in [-0.05, 0) is 18.6 Å². The molecular formula is C14H16N2O3. The quantitative estimate of drug-likeness (QED) is 0.855. The summed E-state index contributed by atoms with van der Waals surface area (Å²) in [6, 6.07) is 7.24. The number of ether oxygens (including phenoxy) is 1. The number of carbonyl (C=O) groups is 2. The molecule has 1 unspecified atom stereocenters. The molecule has 1 saturated heterocycles. The molecule has 2 amide bonds. The van der Waals surface area contributed by atoms with Crippen molar-refractivity contribution in [1.29, 1.82) is 0 Å². The highest BCUT2D eigenvalue weighted by atomic mass is 16.5. The Labute approximate surface area is 111 Å².